The van der Waals surface area contributed by atoms with Crippen LogP contribution >= 0.6 is 11.8 Å². The number of amides is 2. The minimum atomic E-state index is -0.256. The summed E-state index contributed by atoms with van der Waals surface area (Å²) in [5.74, 6) is 1.29. The molecule has 1 aliphatic heterocycles. The molecule has 2 heterocycles. The molecule has 0 radical (unpaired) electrons. The summed E-state index contributed by atoms with van der Waals surface area (Å²) in [5.41, 5.74) is 0.844. The number of hydrogen-bond donors (Lipinski definition) is 0. The highest BCUT2D eigenvalue weighted by molar-refractivity contribution is 8.18. The quantitative estimate of drug-likeness (QED) is 0.704. The minimum absolute atomic E-state index is 0.242. The number of likely N-dealkylation sites (N-methyl/N-ethyl adjacent to an activating group) is 1. The number of furan rings is 1. The van der Waals surface area contributed by atoms with Crippen molar-refractivity contribution in [3.63, 3.8) is 0 Å². The largest absolute Gasteiger partial charge is 0.466 e. The fourth-order valence-corrected chi connectivity index (χ4v) is 2.30. The van der Waals surface area contributed by atoms with Crippen molar-refractivity contribution in [3.8, 4) is 0 Å². The first-order valence-corrected chi connectivity index (χ1v) is 5.59. The molecule has 2 rings (SSSR count). The highest BCUT2D eigenvalue weighted by Gasteiger charge is 2.31. The molecule has 0 aliphatic carbocycles. The lowest BCUT2D eigenvalue weighted by Gasteiger charge is -2.00. The molecule has 5 heteroatoms. The lowest BCUT2D eigenvalue weighted by atomic mass is 10.2. The molecular formula is C11H11NO3S. The van der Waals surface area contributed by atoms with E-state index in [9.17, 15) is 9.59 Å². The second kappa shape index (κ2) is 3.83. The summed E-state index contributed by atoms with van der Waals surface area (Å²) < 4.78 is 5.35. The number of carbonyl (C=O) groups is 2. The Morgan fingerprint density at radius 1 is 1.38 bits per heavy atom. The SMILES string of the molecule is Cc1cc(/C=C2/SC(=O)N(C)C2=O)c(C)o1. The Morgan fingerprint density at radius 2 is 2.06 bits per heavy atom. The van der Waals surface area contributed by atoms with Crippen molar-refractivity contribution in [2.24, 2.45) is 0 Å². The maximum atomic E-state index is 11.6. The van der Waals surface area contributed by atoms with Gasteiger partial charge in [0.1, 0.15) is 11.5 Å². The molecule has 0 bridgehead atoms. The Hall–Kier alpha value is -1.49. The van der Waals surface area contributed by atoms with Crippen LogP contribution in [0.2, 0.25) is 0 Å². The summed E-state index contributed by atoms with van der Waals surface area (Å²) in [6.07, 6.45) is 1.69. The van der Waals surface area contributed by atoms with Crippen LogP contribution < -0.4 is 0 Å². The molecule has 1 aromatic rings. The molecule has 1 saturated heterocycles. The van der Waals surface area contributed by atoms with Gasteiger partial charge in [0.2, 0.25) is 0 Å². The summed E-state index contributed by atoms with van der Waals surface area (Å²) in [6.45, 7) is 3.67. The van der Waals surface area contributed by atoms with Crippen LogP contribution in [-0.2, 0) is 4.79 Å². The molecule has 1 aliphatic rings. The smallest absolute Gasteiger partial charge is 0.293 e. The standard InChI is InChI=1S/C11H11NO3S/c1-6-4-8(7(2)15-6)5-9-10(13)12(3)11(14)16-9/h4-5H,1-3H3/b9-5+. The fraction of sp³-hybridized carbons (Fsp3) is 0.273. The van der Waals surface area contributed by atoms with Gasteiger partial charge in [-0.15, -0.1) is 0 Å². The molecule has 1 fully saturated rings. The van der Waals surface area contributed by atoms with E-state index in [0.29, 0.717) is 4.91 Å². The Balaban J connectivity index is 2.36. The lowest BCUT2D eigenvalue weighted by molar-refractivity contribution is -0.121. The van der Waals surface area contributed by atoms with Crippen molar-refractivity contribution in [1.29, 1.82) is 0 Å². The van der Waals surface area contributed by atoms with E-state index >= 15 is 0 Å². The summed E-state index contributed by atoms with van der Waals surface area (Å²) in [6, 6.07) is 1.85. The van der Waals surface area contributed by atoms with Gasteiger partial charge in [-0.05, 0) is 37.8 Å². The van der Waals surface area contributed by atoms with Crippen LogP contribution in [-0.4, -0.2) is 23.1 Å². The Kier molecular flexibility index (Phi) is 2.63. The average Bonchev–Trinajstić information content (AvgIpc) is 2.64. The van der Waals surface area contributed by atoms with Crippen LogP contribution in [0.5, 0.6) is 0 Å². The predicted molar refractivity (Wildman–Crippen MR) is 61.9 cm³/mol. The summed E-state index contributed by atoms with van der Waals surface area (Å²) in [4.78, 5) is 24.5. The Labute approximate surface area is 97.3 Å². The van der Waals surface area contributed by atoms with Gasteiger partial charge in [-0.2, -0.15) is 0 Å². The Morgan fingerprint density at radius 3 is 2.50 bits per heavy atom. The van der Waals surface area contributed by atoms with Crippen molar-refractivity contribution < 1.29 is 14.0 Å². The number of rotatable bonds is 1. The normalized spacial score (nSPS) is 18.9. The van der Waals surface area contributed by atoms with E-state index < -0.39 is 0 Å². The molecule has 0 unspecified atom stereocenters. The topological polar surface area (TPSA) is 50.5 Å². The van der Waals surface area contributed by atoms with E-state index in [0.717, 1.165) is 33.7 Å². The van der Waals surface area contributed by atoms with Gasteiger partial charge < -0.3 is 4.42 Å². The average molecular weight is 237 g/mol. The monoisotopic (exact) mass is 237 g/mol. The molecule has 84 valence electrons. The van der Waals surface area contributed by atoms with E-state index in [1.165, 1.54) is 7.05 Å². The maximum absolute atomic E-state index is 11.6. The number of carbonyl (C=O) groups excluding carboxylic acids is 2. The summed E-state index contributed by atoms with van der Waals surface area (Å²) in [7, 11) is 1.48. The Bertz CT molecular complexity index is 501. The highest BCUT2D eigenvalue weighted by atomic mass is 32.2. The van der Waals surface area contributed by atoms with Crippen LogP contribution in [0.3, 0.4) is 0 Å². The van der Waals surface area contributed by atoms with Crippen LogP contribution in [0.15, 0.2) is 15.4 Å². The van der Waals surface area contributed by atoms with Crippen molar-refractivity contribution in [3.05, 3.63) is 28.1 Å². The second-order valence-electron chi connectivity index (χ2n) is 3.61. The third-order valence-electron chi connectivity index (χ3n) is 2.35. The third-order valence-corrected chi connectivity index (χ3v) is 3.31. The van der Waals surface area contributed by atoms with Gasteiger partial charge in [0, 0.05) is 12.6 Å². The van der Waals surface area contributed by atoms with E-state index in [1.54, 1.807) is 6.08 Å². The molecule has 4 nitrogen and oxygen atoms in total. The van der Waals surface area contributed by atoms with E-state index in [4.69, 9.17) is 4.42 Å². The van der Waals surface area contributed by atoms with Gasteiger partial charge in [0.15, 0.2) is 0 Å². The number of aryl methyl sites for hydroxylation is 2. The van der Waals surface area contributed by atoms with E-state index in [-0.39, 0.29) is 11.1 Å². The molecule has 0 aromatic carbocycles. The van der Waals surface area contributed by atoms with Crippen LogP contribution in [0.25, 0.3) is 6.08 Å². The van der Waals surface area contributed by atoms with Gasteiger partial charge in [0.05, 0.1) is 4.91 Å². The van der Waals surface area contributed by atoms with Gasteiger partial charge >= 0.3 is 0 Å². The number of hydrogen-bond acceptors (Lipinski definition) is 4. The molecule has 1 aromatic heterocycles. The summed E-state index contributed by atoms with van der Waals surface area (Å²) in [5, 5.41) is -0.242. The fourth-order valence-electron chi connectivity index (χ4n) is 1.48. The molecular weight excluding hydrogens is 226 g/mol. The van der Waals surface area contributed by atoms with Gasteiger partial charge in [-0.25, -0.2) is 0 Å². The maximum Gasteiger partial charge on any atom is 0.293 e. The van der Waals surface area contributed by atoms with Crippen molar-refractivity contribution >= 4 is 29.0 Å². The molecule has 0 spiro atoms. The first-order valence-electron chi connectivity index (χ1n) is 4.77. The molecule has 0 atom stereocenters. The van der Waals surface area contributed by atoms with Crippen LogP contribution in [0, 0.1) is 13.8 Å². The van der Waals surface area contributed by atoms with E-state index in [1.807, 2.05) is 19.9 Å². The molecule has 2 amide bonds. The molecule has 16 heavy (non-hydrogen) atoms. The first kappa shape index (κ1) is 11.0. The van der Waals surface area contributed by atoms with Crippen LogP contribution in [0.4, 0.5) is 4.79 Å². The number of nitrogens with zero attached hydrogens (tertiary/aromatic N) is 1. The van der Waals surface area contributed by atoms with E-state index in [2.05, 4.69) is 0 Å². The first-order chi connectivity index (χ1) is 7.49. The summed E-state index contributed by atoms with van der Waals surface area (Å²) >= 11 is 0.951. The molecule has 0 saturated carbocycles. The van der Waals surface area contributed by atoms with Gasteiger partial charge in [-0.3, -0.25) is 14.5 Å². The predicted octanol–water partition coefficient (Wildman–Crippen LogP) is 2.56. The van der Waals surface area contributed by atoms with Gasteiger partial charge in [-0.1, -0.05) is 0 Å². The van der Waals surface area contributed by atoms with Crippen LogP contribution in [0.1, 0.15) is 17.1 Å². The van der Waals surface area contributed by atoms with Crippen molar-refractivity contribution in [2.45, 2.75) is 13.8 Å². The zero-order valence-corrected chi connectivity index (χ0v) is 10.1. The zero-order chi connectivity index (χ0) is 11.9. The number of imide groups is 1. The zero-order valence-electron chi connectivity index (χ0n) is 9.23. The van der Waals surface area contributed by atoms with Crippen molar-refractivity contribution in [2.75, 3.05) is 7.05 Å². The molecule has 0 N–H and O–H groups in total. The van der Waals surface area contributed by atoms with Gasteiger partial charge in [0.25, 0.3) is 11.1 Å². The minimum Gasteiger partial charge on any atom is -0.466 e. The second-order valence-corrected chi connectivity index (χ2v) is 4.60. The van der Waals surface area contributed by atoms with Crippen molar-refractivity contribution in [1.82, 2.24) is 4.90 Å². The highest BCUT2D eigenvalue weighted by Crippen LogP contribution is 2.31. The number of thioether (sulfide) groups is 1. The lowest BCUT2D eigenvalue weighted by Crippen LogP contribution is -2.22. The third kappa shape index (κ3) is 1.78.